The Balaban J connectivity index is 2.87. The fraction of sp³-hybridized carbons (Fsp3) is 1.00. The van der Waals surface area contributed by atoms with E-state index in [0.29, 0.717) is 10.2 Å². The Morgan fingerprint density at radius 3 is 1.58 bits per heavy atom. The van der Waals surface area contributed by atoms with Gasteiger partial charge in [-0.25, -0.2) is 0 Å². The van der Waals surface area contributed by atoms with Crippen molar-refractivity contribution in [1.82, 2.24) is 0 Å². The van der Waals surface area contributed by atoms with Gasteiger partial charge in [0.05, 0.1) is 0 Å². The second-order valence-electron chi connectivity index (χ2n) is 5.38. The summed E-state index contributed by atoms with van der Waals surface area (Å²) in [6.45, 7) is 7.29. The van der Waals surface area contributed by atoms with Crippen molar-refractivity contribution in [3.05, 3.63) is 0 Å². The van der Waals surface area contributed by atoms with Crippen LogP contribution in [0.1, 0.15) is 46.5 Å². The molecule has 0 amide bonds. The molecule has 12 heavy (non-hydrogen) atoms. The summed E-state index contributed by atoms with van der Waals surface area (Å²) in [5.74, 6) is 0. The summed E-state index contributed by atoms with van der Waals surface area (Å²) >= 11 is 0. The van der Waals surface area contributed by atoms with Crippen LogP contribution >= 0.6 is 10.9 Å². The summed E-state index contributed by atoms with van der Waals surface area (Å²) in [6, 6.07) is 0. The van der Waals surface area contributed by atoms with Crippen molar-refractivity contribution in [2.45, 2.75) is 51.2 Å². The van der Waals surface area contributed by atoms with Crippen molar-refractivity contribution in [3.63, 3.8) is 0 Å². The van der Waals surface area contributed by atoms with E-state index in [1.165, 1.54) is 25.7 Å². The molecule has 1 aliphatic rings. The van der Waals surface area contributed by atoms with Crippen LogP contribution in [0.4, 0.5) is 0 Å². The number of hydrogen-bond acceptors (Lipinski definition) is 0. The van der Waals surface area contributed by atoms with E-state index in [1.54, 1.807) is 0 Å². The first kappa shape index (κ1) is 10.4. The lowest BCUT2D eigenvalue weighted by Crippen LogP contribution is -2.39. The highest BCUT2D eigenvalue weighted by molar-refractivity contribution is 8.17. The van der Waals surface area contributed by atoms with Crippen molar-refractivity contribution in [3.8, 4) is 0 Å². The summed E-state index contributed by atoms with van der Waals surface area (Å²) < 4.78 is 0.697. The van der Waals surface area contributed by atoms with Crippen LogP contribution in [0, 0.1) is 5.41 Å². The Kier molecular flexibility index (Phi) is 2.82. The van der Waals surface area contributed by atoms with Gasteiger partial charge in [0.1, 0.15) is 0 Å². The van der Waals surface area contributed by atoms with E-state index in [0.717, 1.165) is 0 Å². The average molecular weight is 188 g/mol. The van der Waals surface area contributed by atoms with E-state index in [-0.39, 0.29) is 10.9 Å². The SMILES string of the molecule is C[SH](C)C1(C(C)(C)C)CCCC1. The largest absolute Gasteiger partial charge is 0.253 e. The molecule has 0 aliphatic heterocycles. The zero-order valence-electron chi connectivity index (χ0n) is 9.28. The molecule has 0 nitrogen and oxygen atoms in total. The molecule has 0 aromatic heterocycles. The molecule has 1 rings (SSSR count). The molecule has 0 heterocycles. The topological polar surface area (TPSA) is 0 Å². The van der Waals surface area contributed by atoms with Crippen LogP contribution in [-0.2, 0) is 0 Å². The van der Waals surface area contributed by atoms with E-state index in [2.05, 4.69) is 33.3 Å². The van der Waals surface area contributed by atoms with Gasteiger partial charge in [0.15, 0.2) is 0 Å². The van der Waals surface area contributed by atoms with E-state index >= 15 is 0 Å². The van der Waals surface area contributed by atoms with Gasteiger partial charge in [-0.2, -0.15) is 0 Å². The van der Waals surface area contributed by atoms with E-state index < -0.39 is 0 Å². The summed E-state index contributed by atoms with van der Waals surface area (Å²) in [4.78, 5) is 0. The van der Waals surface area contributed by atoms with Crippen molar-refractivity contribution >= 4 is 10.9 Å². The maximum absolute atomic E-state index is 2.46. The maximum Gasteiger partial charge on any atom is 0.00224 e. The molecule has 1 fully saturated rings. The first-order chi connectivity index (χ1) is 5.40. The molecule has 0 spiro atoms. The Hall–Kier alpha value is 0.350. The van der Waals surface area contributed by atoms with Crippen LogP contribution in [0.15, 0.2) is 0 Å². The van der Waals surface area contributed by atoms with Gasteiger partial charge in [-0.15, -0.1) is 0 Å². The van der Waals surface area contributed by atoms with Gasteiger partial charge < -0.3 is 0 Å². The molecule has 0 N–H and O–H groups in total. The normalized spacial score (nSPS) is 24.2. The van der Waals surface area contributed by atoms with E-state index in [4.69, 9.17) is 0 Å². The standard InChI is InChI=1S/C11H24S/c1-10(2,3)11(12(4)5)8-6-7-9-11/h12H,6-9H2,1-5H3. The molecule has 0 saturated heterocycles. The van der Waals surface area contributed by atoms with Crippen molar-refractivity contribution in [1.29, 1.82) is 0 Å². The van der Waals surface area contributed by atoms with Crippen LogP contribution in [0.2, 0.25) is 0 Å². The van der Waals surface area contributed by atoms with Crippen LogP contribution in [0.5, 0.6) is 0 Å². The van der Waals surface area contributed by atoms with Gasteiger partial charge in [0, 0.05) is 4.75 Å². The fourth-order valence-corrected chi connectivity index (χ4v) is 5.38. The number of hydrogen-bond donors (Lipinski definition) is 1. The third kappa shape index (κ3) is 1.53. The maximum atomic E-state index is 2.46. The van der Waals surface area contributed by atoms with Crippen LogP contribution in [-0.4, -0.2) is 17.3 Å². The minimum absolute atomic E-state index is 0.226. The fourth-order valence-electron chi connectivity index (χ4n) is 2.83. The first-order valence-corrected chi connectivity index (χ1v) is 7.31. The minimum atomic E-state index is 0.226. The average Bonchev–Trinajstić information content (AvgIpc) is 2.31. The van der Waals surface area contributed by atoms with Gasteiger partial charge in [-0.3, -0.25) is 10.9 Å². The highest BCUT2D eigenvalue weighted by atomic mass is 32.2. The summed E-state index contributed by atoms with van der Waals surface area (Å²) in [7, 11) is 0.226. The van der Waals surface area contributed by atoms with Gasteiger partial charge in [0.25, 0.3) is 0 Å². The van der Waals surface area contributed by atoms with Crippen LogP contribution in [0.25, 0.3) is 0 Å². The third-order valence-corrected chi connectivity index (χ3v) is 6.51. The first-order valence-electron chi connectivity index (χ1n) is 5.08. The number of rotatable bonds is 1. The quantitative estimate of drug-likeness (QED) is 0.597. The van der Waals surface area contributed by atoms with Crippen LogP contribution < -0.4 is 0 Å². The lowest BCUT2D eigenvalue weighted by molar-refractivity contribution is 0.283. The lowest BCUT2D eigenvalue weighted by Gasteiger charge is -2.47. The monoisotopic (exact) mass is 188 g/mol. The second kappa shape index (κ2) is 3.25. The lowest BCUT2D eigenvalue weighted by atomic mass is 9.79. The Bertz CT molecular complexity index is 147. The molecule has 0 atom stereocenters. The molecular weight excluding hydrogens is 164 g/mol. The third-order valence-electron chi connectivity index (χ3n) is 3.68. The zero-order chi connectivity index (χ0) is 9.41. The van der Waals surface area contributed by atoms with E-state index in [9.17, 15) is 0 Å². The molecule has 0 unspecified atom stereocenters. The Morgan fingerprint density at radius 2 is 1.42 bits per heavy atom. The van der Waals surface area contributed by atoms with Crippen molar-refractivity contribution in [2.75, 3.05) is 12.5 Å². The predicted octanol–water partition coefficient (Wildman–Crippen LogP) is 3.61. The molecule has 1 saturated carbocycles. The Morgan fingerprint density at radius 1 is 1.00 bits per heavy atom. The van der Waals surface area contributed by atoms with Gasteiger partial charge in [0.2, 0.25) is 0 Å². The minimum Gasteiger partial charge on any atom is -0.253 e. The summed E-state index contributed by atoms with van der Waals surface area (Å²) in [5.41, 5.74) is 0.526. The molecule has 0 aromatic rings. The van der Waals surface area contributed by atoms with Crippen molar-refractivity contribution < 1.29 is 0 Å². The number of thiol groups is 1. The summed E-state index contributed by atoms with van der Waals surface area (Å²) in [6.07, 6.45) is 10.8. The molecule has 1 aliphatic carbocycles. The molecular formula is C11H24S. The molecule has 0 radical (unpaired) electrons. The molecule has 0 aromatic carbocycles. The van der Waals surface area contributed by atoms with Crippen molar-refractivity contribution in [2.24, 2.45) is 5.41 Å². The zero-order valence-corrected chi connectivity index (χ0v) is 10.2. The molecule has 1 heteroatoms. The molecule has 74 valence electrons. The van der Waals surface area contributed by atoms with Gasteiger partial charge in [-0.05, 0) is 30.8 Å². The van der Waals surface area contributed by atoms with E-state index in [1.807, 2.05) is 0 Å². The van der Waals surface area contributed by atoms with Crippen LogP contribution in [0.3, 0.4) is 0 Å². The highest BCUT2D eigenvalue weighted by Gasteiger charge is 2.44. The summed E-state index contributed by atoms with van der Waals surface area (Å²) in [5, 5.41) is 0. The Labute approximate surface area is 80.5 Å². The van der Waals surface area contributed by atoms with Gasteiger partial charge >= 0.3 is 0 Å². The van der Waals surface area contributed by atoms with Gasteiger partial charge in [-0.1, -0.05) is 33.6 Å². The molecule has 0 bridgehead atoms. The second-order valence-corrected chi connectivity index (χ2v) is 8.03. The highest BCUT2D eigenvalue weighted by Crippen LogP contribution is 2.57. The predicted molar refractivity (Wildman–Crippen MR) is 61.5 cm³/mol. The smallest absolute Gasteiger partial charge is 0.00224 e.